The van der Waals surface area contributed by atoms with E-state index in [0.717, 1.165) is 16.6 Å². The Balaban J connectivity index is 1.67. The van der Waals surface area contributed by atoms with E-state index >= 15 is 0 Å². The average molecular weight is 281 g/mol. The molecule has 1 aromatic heterocycles. The molecule has 0 aliphatic heterocycles. The monoisotopic (exact) mass is 281 g/mol. The number of hydrogen-bond acceptors (Lipinski definition) is 4. The zero-order chi connectivity index (χ0) is 13.4. The standard InChI is InChI=1S/C16H15N3S/c1-2-6-13-11(4-1)5-3-7-14(13)16-19-18-15(20-16)10-17-12-8-9-12/h1-7,12,17H,8-10H2. The van der Waals surface area contributed by atoms with Crippen LogP contribution in [-0.2, 0) is 6.54 Å². The average Bonchev–Trinajstić information content (AvgIpc) is 3.21. The maximum atomic E-state index is 4.36. The minimum Gasteiger partial charge on any atom is -0.308 e. The van der Waals surface area contributed by atoms with Crippen molar-refractivity contribution >= 4 is 22.1 Å². The number of rotatable bonds is 4. The number of aromatic nitrogens is 2. The van der Waals surface area contributed by atoms with Crippen molar-refractivity contribution in [3.8, 4) is 10.6 Å². The van der Waals surface area contributed by atoms with Crippen molar-refractivity contribution in [2.45, 2.75) is 25.4 Å². The molecule has 0 spiro atoms. The molecule has 3 nitrogen and oxygen atoms in total. The molecule has 1 aliphatic carbocycles. The molecule has 4 heteroatoms. The molecule has 1 fully saturated rings. The van der Waals surface area contributed by atoms with E-state index in [2.05, 4.69) is 58.0 Å². The van der Waals surface area contributed by atoms with Crippen LogP contribution in [0, 0.1) is 0 Å². The maximum absolute atomic E-state index is 4.36. The highest BCUT2D eigenvalue weighted by atomic mass is 32.1. The summed E-state index contributed by atoms with van der Waals surface area (Å²) in [6.07, 6.45) is 2.60. The van der Waals surface area contributed by atoms with Gasteiger partial charge in [-0.2, -0.15) is 0 Å². The van der Waals surface area contributed by atoms with Gasteiger partial charge in [-0.3, -0.25) is 0 Å². The molecule has 0 amide bonds. The van der Waals surface area contributed by atoms with Gasteiger partial charge in [0.15, 0.2) is 0 Å². The second-order valence-corrected chi connectivity index (χ2v) is 6.24. The van der Waals surface area contributed by atoms with Crippen molar-refractivity contribution < 1.29 is 0 Å². The molecule has 0 unspecified atom stereocenters. The highest BCUT2D eigenvalue weighted by Gasteiger charge is 2.20. The Labute approximate surface area is 121 Å². The number of nitrogens with zero attached hydrogens (tertiary/aromatic N) is 2. The summed E-state index contributed by atoms with van der Waals surface area (Å²) < 4.78 is 0. The molecule has 1 N–H and O–H groups in total. The predicted molar refractivity (Wildman–Crippen MR) is 82.7 cm³/mol. The van der Waals surface area contributed by atoms with Crippen molar-refractivity contribution in [1.82, 2.24) is 15.5 Å². The molecule has 3 aromatic rings. The van der Waals surface area contributed by atoms with Gasteiger partial charge in [0, 0.05) is 18.2 Å². The van der Waals surface area contributed by atoms with Gasteiger partial charge >= 0.3 is 0 Å². The molecule has 0 bridgehead atoms. The molecule has 1 heterocycles. The van der Waals surface area contributed by atoms with Gasteiger partial charge in [0.2, 0.25) is 0 Å². The van der Waals surface area contributed by atoms with Crippen LogP contribution in [0.25, 0.3) is 21.3 Å². The quantitative estimate of drug-likeness (QED) is 0.794. The first-order valence-corrected chi connectivity index (χ1v) is 7.76. The molecule has 1 aliphatic rings. The van der Waals surface area contributed by atoms with Gasteiger partial charge < -0.3 is 5.32 Å². The third-order valence-corrected chi connectivity index (χ3v) is 4.56. The fraction of sp³-hybridized carbons (Fsp3) is 0.250. The second-order valence-electron chi connectivity index (χ2n) is 5.18. The van der Waals surface area contributed by atoms with Gasteiger partial charge in [0.25, 0.3) is 0 Å². The first-order chi connectivity index (χ1) is 9.90. The van der Waals surface area contributed by atoms with Gasteiger partial charge in [-0.15, -0.1) is 10.2 Å². The highest BCUT2D eigenvalue weighted by Crippen LogP contribution is 2.30. The number of benzene rings is 2. The molecular weight excluding hydrogens is 266 g/mol. The summed E-state index contributed by atoms with van der Waals surface area (Å²) in [5.41, 5.74) is 1.18. The highest BCUT2D eigenvalue weighted by molar-refractivity contribution is 7.14. The third-order valence-electron chi connectivity index (χ3n) is 3.61. The number of hydrogen-bond donors (Lipinski definition) is 1. The first kappa shape index (κ1) is 12.0. The number of fused-ring (bicyclic) bond motifs is 1. The summed E-state index contributed by atoms with van der Waals surface area (Å²) in [4.78, 5) is 0. The summed E-state index contributed by atoms with van der Waals surface area (Å²) in [6.45, 7) is 0.840. The molecule has 20 heavy (non-hydrogen) atoms. The van der Waals surface area contributed by atoms with Gasteiger partial charge in [-0.25, -0.2) is 0 Å². The Morgan fingerprint density at radius 1 is 1.05 bits per heavy atom. The van der Waals surface area contributed by atoms with E-state index < -0.39 is 0 Å². The Morgan fingerprint density at radius 2 is 1.90 bits per heavy atom. The summed E-state index contributed by atoms with van der Waals surface area (Å²) in [7, 11) is 0. The van der Waals surface area contributed by atoms with Gasteiger partial charge in [0.05, 0.1) is 0 Å². The van der Waals surface area contributed by atoms with Crippen molar-refractivity contribution in [2.24, 2.45) is 0 Å². The minimum absolute atomic E-state index is 0.708. The van der Waals surface area contributed by atoms with Crippen LogP contribution >= 0.6 is 11.3 Å². The van der Waals surface area contributed by atoms with Crippen LogP contribution in [0.2, 0.25) is 0 Å². The van der Waals surface area contributed by atoms with Crippen LogP contribution in [0.1, 0.15) is 17.8 Å². The molecule has 100 valence electrons. The smallest absolute Gasteiger partial charge is 0.148 e. The van der Waals surface area contributed by atoms with E-state index in [1.54, 1.807) is 11.3 Å². The van der Waals surface area contributed by atoms with Crippen LogP contribution in [0.4, 0.5) is 0 Å². The van der Waals surface area contributed by atoms with Crippen molar-refractivity contribution in [2.75, 3.05) is 0 Å². The lowest BCUT2D eigenvalue weighted by molar-refractivity contribution is 0.679. The maximum Gasteiger partial charge on any atom is 0.148 e. The van der Waals surface area contributed by atoms with Crippen LogP contribution in [0.3, 0.4) is 0 Å². The van der Waals surface area contributed by atoms with Crippen LogP contribution < -0.4 is 5.32 Å². The van der Waals surface area contributed by atoms with E-state index in [-0.39, 0.29) is 0 Å². The summed E-state index contributed by atoms with van der Waals surface area (Å²) in [5.74, 6) is 0. The zero-order valence-corrected chi connectivity index (χ0v) is 11.9. The molecule has 0 atom stereocenters. The van der Waals surface area contributed by atoms with Crippen LogP contribution in [0.5, 0.6) is 0 Å². The van der Waals surface area contributed by atoms with E-state index in [4.69, 9.17) is 0 Å². The lowest BCUT2D eigenvalue weighted by Crippen LogP contribution is -2.14. The largest absolute Gasteiger partial charge is 0.308 e. The normalized spacial score (nSPS) is 14.8. The fourth-order valence-corrected chi connectivity index (χ4v) is 3.19. The van der Waals surface area contributed by atoms with Crippen molar-refractivity contribution in [3.05, 3.63) is 47.5 Å². The Bertz CT molecular complexity index is 741. The first-order valence-electron chi connectivity index (χ1n) is 6.94. The van der Waals surface area contributed by atoms with E-state index in [1.807, 2.05) is 0 Å². The summed E-state index contributed by atoms with van der Waals surface area (Å²) in [6, 6.07) is 15.5. The molecule has 4 rings (SSSR count). The van der Waals surface area contributed by atoms with E-state index in [1.165, 1.54) is 29.2 Å². The van der Waals surface area contributed by atoms with E-state index in [9.17, 15) is 0 Å². The van der Waals surface area contributed by atoms with Crippen molar-refractivity contribution in [3.63, 3.8) is 0 Å². The molecular formula is C16H15N3S. The molecule has 0 radical (unpaired) electrons. The lowest BCUT2D eigenvalue weighted by Gasteiger charge is -2.02. The lowest BCUT2D eigenvalue weighted by atomic mass is 10.1. The van der Waals surface area contributed by atoms with Crippen LogP contribution in [-0.4, -0.2) is 16.2 Å². The zero-order valence-electron chi connectivity index (χ0n) is 11.0. The van der Waals surface area contributed by atoms with Crippen molar-refractivity contribution in [1.29, 1.82) is 0 Å². The topological polar surface area (TPSA) is 37.8 Å². The molecule has 0 saturated heterocycles. The SMILES string of the molecule is c1ccc2c(-c3nnc(CNC4CC4)s3)cccc2c1. The third kappa shape index (κ3) is 2.32. The number of nitrogens with one attached hydrogen (secondary N) is 1. The fourth-order valence-electron chi connectivity index (χ4n) is 2.36. The van der Waals surface area contributed by atoms with Gasteiger partial charge in [-0.1, -0.05) is 53.8 Å². The van der Waals surface area contributed by atoms with Crippen LogP contribution in [0.15, 0.2) is 42.5 Å². The Hall–Kier alpha value is -1.78. The summed E-state index contributed by atoms with van der Waals surface area (Å²) in [5, 5.41) is 16.7. The minimum atomic E-state index is 0.708. The predicted octanol–water partition coefficient (Wildman–Crippen LogP) is 3.61. The van der Waals surface area contributed by atoms with Gasteiger partial charge in [0.1, 0.15) is 10.0 Å². The van der Waals surface area contributed by atoms with E-state index in [0.29, 0.717) is 6.04 Å². The second kappa shape index (κ2) is 4.96. The van der Waals surface area contributed by atoms with Gasteiger partial charge in [-0.05, 0) is 23.6 Å². The Kier molecular flexibility index (Phi) is 2.98. The molecule has 2 aromatic carbocycles. The Morgan fingerprint density at radius 3 is 2.80 bits per heavy atom. The summed E-state index contributed by atoms with van der Waals surface area (Å²) >= 11 is 1.69. The molecule has 1 saturated carbocycles.